The number of methoxy groups -OCH3 is 1. The third kappa shape index (κ3) is 3.63. The zero-order valence-corrected chi connectivity index (χ0v) is 12.4. The second kappa shape index (κ2) is 6.74. The second-order valence-corrected chi connectivity index (χ2v) is 5.40. The van der Waals surface area contributed by atoms with E-state index in [4.69, 9.17) is 9.47 Å². The predicted octanol–water partition coefficient (Wildman–Crippen LogP) is 3.06. The summed E-state index contributed by atoms with van der Waals surface area (Å²) in [4.78, 5) is 0. The number of fused-ring (bicyclic) bond motifs is 1. The summed E-state index contributed by atoms with van der Waals surface area (Å²) in [7, 11) is 1.72. The van der Waals surface area contributed by atoms with Gasteiger partial charge in [-0.05, 0) is 28.3 Å². The summed E-state index contributed by atoms with van der Waals surface area (Å²) in [5.74, 6) is 1.05. The molecule has 1 heterocycles. The van der Waals surface area contributed by atoms with Gasteiger partial charge < -0.3 is 14.8 Å². The molecule has 0 aromatic heterocycles. The second-order valence-electron chi connectivity index (χ2n) is 5.40. The molecule has 1 aliphatic rings. The molecule has 0 aliphatic carbocycles. The van der Waals surface area contributed by atoms with Crippen LogP contribution in [-0.4, -0.2) is 13.7 Å². The molecular weight excluding hydrogens is 262 g/mol. The van der Waals surface area contributed by atoms with Gasteiger partial charge in [0, 0.05) is 26.6 Å². The van der Waals surface area contributed by atoms with Gasteiger partial charge >= 0.3 is 0 Å². The minimum atomic E-state index is 0.665. The highest BCUT2D eigenvalue weighted by molar-refractivity contribution is 5.39. The van der Waals surface area contributed by atoms with Crippen LogP contribution in [-0.2, 0) is 30.9 Å². The summed E-state index contributed by atoms with van der Waals surface area (Å²) in [5.41, 5.74) is 5.14. The molecule has 0 radical (unpaired) electrons. The van der Waals surface area contributed by atoms with Crippen molar-refractivity contribution in [3.05, 3.63) is 64.7 Å². The van der Waals surface area contributed by atoms with Gasteiger partial charge in [0.2, 0.25) is 0 Å². The molecule has 0 saturated heterocycles. The van der Waals surface area contributed by atoms with E-state index in [0.29, 0.717) is 6.61 Å². The lowest BCUT2D eigenvalue weighted by molar-refractivity contribution is 0.185. The Morgan fingerprint density at radius 3 is 2.71 bits per heavy atom. The van der Waals surface area contributed by atoms with E-state index in [2.05, 4.69) is 47.8 Å². The molecular formula is C18H21NO2. The fourth-order valence-corrected chi connectivity index (χ4v) is 2.70. The molecule has 3 nitrogen and oxygen atoms in total. The highest BCUT2D eigenvalue weighted by Crippen LogP contribution is 2.25. The van der Waals surface area contributed by atoms with Crippen molar-refractivity contribution in [3.63, 3.8) is 0 Å². The van der Waals surface area contributed by atoms with Crippen molar-refractivity contribution in [1.29, 1.82) is 0 Å². The molecule has 21 heavy (non-hydrogen) atoms. The lowest BCUT2D eigenvalue weighted by Gasteiger charge is -2.08. The molecule has 0 spiro atoms. The fraction of sp³-hybridized carbons (Fsp3) is 0.333. The number of hydrogen-bond acceptors (Lipinski definition) is 3. The van der Waals surface area contributed by atoms with E-state index >= 15 is 0 Å². The minimum Gasteiger partial charge on any atom is -0.493 e. The Balaban J connectivity index is 1.55. The molecule has 0 fully saturated rings. The third-order valence-electron chi connectivity index (χ3n) is 3.71. The van der Waals surface area contributed by atoms with Gasteiger partial charge in [-0.1, -0.05) is 36.4 Å². The average Bonchev–Trinajstić information content (AvgIpc) is 2.96. The van der Waals surface area contributed by atoms with Gasteiger partial charge in [0.05, 0.1) is 13.2 Å². The van der Waals surface area contributed by atoms with Crippen LogP contribution in [0.1, 0.15) is 22.3 Å². The van der Waals surface area contributed by atoms with Crippen molar-refractivity contribution in [2.45, 2.75) is 26.1 Å². The molecule has 0 atom stereocenters. The lowest BCUT2D eigenvalue weighted by Crippen LogP contribution is -2.13. The normalized spacial score (nSPS) is 13.0. The molecule has 0 unspecified atom stereocenters. The Bertz CT molecular complexity index is 610. The van der Waals surface area contributed by atoms with Gasteiger partial charge in [-0.2, -0.15) is 0 Å². The van der Waals surface area contributed by atoms with Crippen LogP contribution in [0.25, 0.3) is 0 Å². The summed E-state index contributed by atoms with van der Waals surface area (Å²) in [6, 6.07) is 15.0. The summed E-state index contributed by atoms with van der Waals surface area (Å²) < 4.78 is 10.7. The molecule has 2 aromatic rings. The van der Waals surface area contributed by atoms with Crippen LogP contribution < -0.4 is 10.1 Å². The molecule has 3 heteroatoms. The van der Waals surface area contributed by atoms with Gasteiger partial charge in [-0.3, -0.25) is 0 Å². The number of benzene rings is 2. The maximum absolute atomic E-state index is 5.53. The summed E-state index contributed by atoms with van der Waals surface area (Å²) in [6.07, 6.45) is 1.03. The van der Waals surface area contributed by atoms with Crippen LogP contribution in [0.4, 0.5) is 0 Å². The maximum atomic E-state index is 5.53. The van der Waals surface area contributed by atoms with Crippen LogP contribution >= 0.6 is 0 Å². The van der Waals surface area contributed by atoms with Crippen molar-refractivity contribution in [1.82, 2.24) is 5.32 Å². The monoisotopic (exact) mass is 283 g/mol. The Labute approximate surface area is 125 Å². The van der Waals surface area contributed by atoms with E-state index in [1.54, 1.807) is 7.11 Å². The first-order valence-electron chi connectivity index (χ1n) is 7.37. The molecule has 1 aliphatic heterocycles. The fourth-order valence-electron chi connectivity index (χ4n) is 2.70. The molecule has 0 amide bonds. The van der Waals surface area contributed by atoms with E-state index < -0.39 is 0 Å². The first-order chi connectivity index (χ1) is 10.3. The molecule has 2 aromatic carbocycles. The topological polar surface area (TPSA) is 30.5 Å². The SMILES string of the molecule is COCc1cccc(CNCc2ccc3c(c2)CCO3)c1. The van der Waals surface area contributed by atoms with Crippen molar-refractivity contribution in [3.8, 4) is 5.75 Å². The van der Waals surface area contributed by atoms with E-state index in [0.717, 1.165) is 31.9 Å². The molecule has 1 N–H and O–H groups in total. The van der Waals surface area contributed by atoms with Crippen LogP contribution in [0.2, 0.25) is 0 Å². The lowest BCUT2D eigenvalue weighted by atomic mass is 10.1. The average molecular weight is 283 g/mol. The highest BCUT2D eigenvalue weighted by Gasteiger charge is 2.11. The number of nitrogens with one attached hydrogen (secondary N) is 1. The maximum Gasteiger partial charge on any atom is 0.122 e. The number of ether oxygens (including phenoxy) is 2. The van der Waals surface area contributed by atoms with E-state index in [1.165, 1.54) is 22.3 Å². The van der Waals surface area contributed by atoms with Crippen molar-refractivity contribution in [2.24, 2.45) is 0 Å². The van der Waals surface area contributed by atoms with Crippen molar-refractivity contribution >= 4 is 0 Å². The molecule has 0 bridgehead atoms. The molecule has 110 valence electrons. The van der Waals surface area contributed by atoms with Crippen molar-refractivity contribution in [2.75, 3.05) is 13.7 Å². The largest absolute Gasteiger partial charge is 0.493 e. The Kier molecular flexibility index (Phi) is 4.53. The third-order valence-corrected chi connectivity index (χ3v) is 3.71. The number of hydrogen-bond donors (Lipinski definition) is 1. The van der Waals surface area contributed by atoms with Gasteiger partial charge in [0.25, 0.3) is 0 Å². The predicted molar refractivity (Wildman–Crippen MR) is 83.3 cm³/mol. The quantitative estimate of drug-likeness (QED) is 0.884. The standard InChI is InChI=1S/C18H21NO2/c1-20-13-16-4-2-3-14(9-16)11-19-12-15-5-6-18-17(10-15)7-8-21-18/h2-6,9-10,19H,7-8,11-13H2,1H3. The zero-order chi connectivity index (χ0) is 14.5. The summed E-state index contributed by atoms with van der Waals surface area (Å²) >= 11 is 0. The number of rotatable bonds is 6. The van der Waals surface area contributed by atoms with E-state index in [-0.39, 0.29) is 0 Å². The smallest absolute Gasteiger partial charge is 0.122 e. The zero-order valence-electron chi connectivity index (χ0n) is 12.4. The summed E-state index contributed by atoms with van der Waals surface area (Å²) in [5, 5.41) is 3.50. The van der Waals surface area contributed by atoms with Crippen molar-refractivity contribution < 1.29 is 9.47 Å². The van der Waals surface area contributed by atoms with Gasteiger partial charge in [0.1, 0.15) is 5.75 Å². The van der Waals surface area contributed by atoms with Gasteiger partial charge in [-0.15, -0.1) is 0 Å². The van der Waals surface area contributed by atoms with Crippen LogP contribution in [0.5, 0.6) is 5.75 Å². The first kappa shape index (κ1) is 14.1. The van der Waals surface area contributed by atoms with Crippen LogP contribution in [0.3, 0.4) is 0 Å². The minimum absolute atomic E-state index is 0.665. The molecule has 0 saturated carbocycles. The highest BCUT2D eigenvalue weighted by atomic mass is 16.5. The van der Waals surface area contributed by atoms with Crippen LogP contribution in [0, 0.1) is 0 Å². The Morgan fingerprint density at radius 2 is 1.86 bits per heavy atom. The van der Waals surface area contributed by atoms with E-state index in [9.17, 15) is 0 Å². The van der Waals surface area contributed by atoms with Gasteiger partial charge in [0.15, 0.2) is 0 Å². The Hall–Kier alpha value is -1.84. The first-order valence-corrected chi connectivity index (χ1v) is 7.37. The van der Waals surface area contributed by atoms with E-state index in [1.807, 2.05) is 0 Å². The van der Waals surface area contributed by atoms with Crippen LogP contribution in [0.15, 0.2) is 42.5 Å². The molecule has 3 rings (SSSR count). The van der Waals surface area contributed by atoms with Gasteiger partial charge in [-0.25, -0.2) is 0 Å². The summed E-state index contributed by atoms with van der Waals surface area (Å²) in [6.45, 7) is 3.23. The Morgan fingerprint density at radius 1 is 1.05 bits per heavy atom.